The van der Waals surface area contributed by atoms with E-state index in [-0.39, 0.29) is 17.2 Å². The van der Waals surface area contributed by atoms with Crippen LogP contribution in [0.15, 0.2) is 33.5 Å². The van der Waals surface area contributed by atoms with E-state index in [2.05, 4.69) is 25.9 Å². The first-order valence-electron chi connectivity index (χ1n) is 4.38. The van der Waals surface area contributed by atoms with Gasteiger partial charge < -0.3 is 10.7 Å². The summed E-state index contributed by atoms with van der Waals surface area (Å²) >= 11 is 3.16. The van der Waals surface area contributed by atoms with Crippen LogP contribution in [0.3, 0.4) is 0 Å². The van der Waals surface area contributed by atoms with Crippen molar-refractivity contribution in [1.29, 1.82) is 0 Å². The molecule has 4 nitrogen and oxygen atoms in total. The van der Waals surface area contributed by atoms with Crippen LogP contribution < -0.4 is 11.3 Å². The molecular weight excluding hydrogens is 277 g/mol. The van der Waals surface area contributed by atoms with Gasteiger partial charge in [0.2, 0.25) is 0 Å². The molecule has 3 N–H and O–H groups in total. The summed E-state index contributed by atoms with van der Waals surface area (Å²) in [4.78, 5) is 17.6. The van der Waals surface area contributed by atoms with Crippen molar-refractivity contribution >= 4 is 21.7 Å². The van der Waals surface area contributed by atoms with Crippen LogP contribution in [0.25, 0.3) is 11.4 Å². The Hall–Kier alpha value is -1.69. The topological polar surface area (TPSA) is 71.8 Å². The SMILES string of the molecule is Nc1cc(=O)[nH]c(-c2cc(F)cc(Br)c2)n1. The number of rotatable bonds is 1. The van der Waals surface area contributed by atoms with Crippen LogP contribution in [0.4, 0.5) is 10.2 Å². The quantitative estimate of drug-likeness (QED) is 0.840. The number of benzene rings is 1. The smallest absolute Gasteiger partial charge is 0.253 e. The first-order valence-corrected chi connectivity index (χ1v) is 5.17. The lowest BCUT2D eigenvalue weighted by Crippen LogP contribution is -2.09. The van der Waals surface area contributed by atoms with Crippen molar-refractivity contribution in [2.24, 2.45) is 0 Å². The first kappa shape index (κ1) is 10.8. The van der Waals surface area contributed by atoms with Crippen molar-refractivity contribution in [3.8, 4) is 11.4 Å². The number of nitrogen functional groups attached to an aromatic ring is 1. The Kier molecular flexibility index (Phi) is 2.74. The van der Waals surface area contributed by atoms with Gasteiger partial charge in [-0.05, 0) is 18.2 Å². The van der Waals surface area contributed by atoms with Gasteiger partial charge in [0.05, 0.1) is 0 Å². The molecule has 0 unspecified atom stereocenters. The predicted octanol–water partition coefficient (Wildman–Crippen LogP) is 1.92. The van der Waals surface area contributed by atoms with Crippen LogP contribution in [0, 0.1) is 5.82 Å². The van der Waals surface area contributed by atoms with Crippen molar-refractivity contribution in [3.05, 3.63) is 44.9 Å². The van der Waals surface area contributed by atoms with E-state index < -0.39 is 5.82 Å². The molecule has 0 radical (unpaired) electrons. The standard InChI is InChI=1S/C10H7BrFN3O/c11-6-1-5(2-7(12)3-6)10-14-8(13)4-9(16)15-10/h1-4H,(H3,13,14,15,16). The van der Waals surface area contributed by atoms with Crippen LogP contribution in [0.1, 0.15) is 0 Å². The summed E-state index contributed by atoms with van der Waals surface area (Å²) in [6, 6.07) is 5.38. The molecule has 16 heavy (non-hydrogen) atoms. The maximum Gasteiger partial charge on any atom is 0.253 e. The minimum atomic E-state index is -0.422. The van der Waals surface area contributed by atoms with Crippen LogP contribution in [0.5, 0.6) is 0 Å². The molecule has 2 rings (SSSR count). The molecule has 0 bridgehead atoms. The van der Waals surface area contributed by atoms with Gasteiger partial charge in [-0.25, -0.2) is 9.37 Å². The van der Waals surface area contributed by atoms with Crippen LogP contribution in [0.2, 0.25) is 0 Å². The highest BCUT2D eigenvalue weighted by Crippen LogP contribution is 2.21. The summed E-state index contributed by atoms with van der Waals surface area (Å²) in [6.07, 6.45) is 0. The largest absolute Gasteiger partial charge is 0.383 e. The van der Waals surface area contributed by atoms with Gasteiger partial charge in [0.1, 0.15) is 17.5 Å². The molecule has 0 amide bonds. The van der Waals surface area contributed by atoms with Gasteiger partial charge in [-0.2, -0.15) is 0 Å². The number of anilines is 1. The Labute approximate surface area is 98.5 Å². The number of H-pyrrole nitrogens is 1. The van der Waals surface area contributed by atoms with Crippen molar-refractivity contribution < 1.29 is 4.39 Å². The second-order valence-electron chi connectivity index (χ2n) is 3.18. The number of halogens is 2. The van der Waals surface area contributed by atoms with Crippen molar-refractivity contribution in [1.82, 2.24) is 9.97 Å². The van der Waals surface area contributed by atoms with Gasteiger partial charge in [-0.3, -0.25) is 4.79 Å². The van der Waals surface area contributed by atoms with Gasteiger partial charge >= 0.3 is 0 Å². The highest BCUT2D eigenvalue weighted by atomic mass is 79.9. The molecule has 0 aliphatic carbocycles. The van der Waals surface area contributed by atoms with E-state index in [0.29, 0.717) is 10.0 Å². The summed E-state index contributed by atoms with van der Waals surface area (Å²) < 4.78 is 13.7. The minimum absolute atomic E-state index is 0.0964. The molecule has 0 saturated carbocycles. The molecule has 1 heterocycles. The highest BCUT2D eigenvalue weighted by Gasteiger charge is 2.05. The van der Waals surface area contributed by atoms with Crippen molar-refractivity contribution in [2.75, 3.05) is 5.73 Å². The van der Waals surface area contributed by atoms with E-state index in [0.717, 1.165) is 6.07 Å². The number of aromatic amines is 1. The van der Waals surface area contributed by atoms with Crippen LogP contribution in [-0.2, 0) is 0 Å². The maximum absolute atomic E-state index is 13.1. The molecule has 1 aromatic carbocycles. The number of nitrogens with zero attached hydrogens (tertiary/aromatic N) is 1. The second kappa shape index (κ2) is 4.05. The Morgan fingerprint density at radius 3 is 2.69 bits per heavy atom. The minimum Gasteiger partial charge on any atom is -0.383 e. The summed E-state index contributed by atoms with van der Waals surface area (Å²) in [5.41, 5.74) is 5.52. The van der Waals surface area contributed by atoms with Gasteiger partial charge in [0.15, 0.2) is 0 Å². The Bertz CT molecular complexity index is 577. The van der Waals surface area contributed by atoms with Crippen molar-refractivity contribution in [2.45, 2.75) is 0 Å². The molecule has 0 atom stereocenters. The molecule has 82 valence electrons. The number of nitrogens with one attached hydrogen (secondary N) is 1. The maximum atomic E-state index is 13.1. The number of aromatic nitrogens is 2. The number of hydrogen-bond donors (Lipinski definition) is 2. The molecule has 6 heteroatoms. The molecule has 0 aliphatic rings. The van der Waals surface area contributed by atoms with E-state index in [1.165, 1.54) is 12.1 Å². The third-order valence-electron chi connectivity index (χ3n) is 1.90. The fourth-order valence-corrected chi connectivity index (χ4v) is 1.77. The van der Waals surface area contributed by atoms with E-state index in [1.807, 2.05) is 0 Å². The summed E-state index contributed by atoms with van der Waals surface area (Å²) in [6.45, 7) is 0. The van der Waals surface area contributed by atoms with E-state index in [1.54, 1.807) is 6.07 Å². The lowest BCUT2D eigenvalue weighted by Gasteiger charge is -2.02. The lowest BCUT2D eigenvalue weighted by molar-refractivity contribution is 0.627. The lowest BCUT2D eigenvalue weighted by atomic mass is 10.2. The molecule has 0 aliphatic heterocycles. The average Bonchev–Trinajstić information content (AvgIpc) is 2.14. The van der Waals surface area contributed by atoms with Crippen molar-refractivity contribution in [3.63, 3.8) is 0 Å². The molecule has 1 aromatic heterocycles. The zero-order valence-electron chi connectivity index (χ0n) is 8.00. The molecule has 0 fully saturated rings. The van der Waals surface area contributed by atoms with Gasteiger partial charge in [0.25, 0.3) is 5.56 Å². The highest BCUT2D eigenvalue weighted by molar-refractivity contribution is 9.10. The summed E-state index contributed by atoms with van der Waals surface area (Å²) in [5, 5.41) is 0. The third-order valence-corrected chi connectivity index (χ3v) is 2.36. The zero-order chi connectivity index (χ0) is 11.7. The first-order chi connectivity index (χ1) is 7.54. The van der Waals surface area contributed by atoms with Crippen LogP contribution >= 0.6 is 15.9 Å². The van der Waals surface area contributed by atoms with E-state index in [4.69, 9.17) is 5.73 Å². The van der Waals surface area contributed by atoms with Gasteiger partial charge in [-0.1, -0.05) is 15.9 Å². The van der Waals surface area contributed by atoms with Crippen LogP contribution in [-0.4, -0.2) is 9.97 Å². The second-order valence-corrected chi connectivity index (χ2v) is 4.09. The normalized spacial score (nSPS) is 10.4. The van der Waals surface area contributed by atoms with E-state index >= 15 is 0 Å². The molecule has 2 aromatic rings. The summed E-state index contributed by atoms with van der Waals surface area (Å²) in [5.74, 6) is -0.0845. The van der Waals surface area contributed by atoms with Gasteiger partial charge in [-0.15, -0.1) is 0 Å². The molecule has 0 saturated heterocycles. The fourth-order valence-electron chi connectivity index (χ4n) is 1.30. The zero-order valence-corrected chi connectivity index (χ0v) is 9.58. The molecular formula is C10H7BrFN3O. The monoisotopic (exact) mass is 283 g/mol. The van der Waals surface area contributed by atoms with Gasteiger partial charge in [0, 0.05) is 16.1 Å². The Balaban J connectivity index is 2.62. The van der Waals surface area contributed by atoms with E-state index in [9.17, 15) is 9.18 Å². The fraction of sp³-hybridized carbons (Fsp3) is 0. The summed E-state index contributed by atoms with van der Waals surface area (Å²) in [7, 11) is 0. The third kappa shape index (κ3) is 2.27. The predicted molar refractivity (Wildman–Crippen MR) is 62.4 cm³/mol. The Morgan fingerprint density at radius 1 is 1.31 bits per heavy atom. The molecule has 0 spiro atoms. The average molecular weight is 284 g/mol. The Morgan fingerprint density at radius 2 is 2.06 bits per heavy atom. The number of nitrogens with two attached hydrogens (primary N) is 1. The number of hydrogen-bond acceptors (Lipinski definition) is 3.